The van der Waals surface area contributed by atoms with Crippen molar-refractivity contribution in [2.24, 2.45) is 12.1 Å². The van der Waals surface area contributed by atoms with Crippen LogP contribution in [0.4, 0.5) is 5.82 Å². The first kappa shape index (κ1) is 13.8. The molecule has 0 aliphatic heterocycles. The van der Waals surface area contributed by atoms with Crippen LogP contribution in [0.15, 0.2) is 51.1 Å². The van der Waals surface area contributed by atoms with Crippen LogP contribution in [-0.4, -0.2) is 22.3 Å². The van der Waals surface area contributed by atoms with Gasteiger partial charge in [0.25, 0.3) is 5.56 Å². The Bertz CT molecular complexity index is 685. The fourth-order valence-electron chi connectivity index (χ4n) is 1.67. The Hall–Kier alpha value is -2.63. The Labute approximate surface area is 116 Å². The predicted octanol–water partition coefficient (Wildman–Crippen LogP) is 0.934. The molecule has 0 atom stereocenters. The Kier molecular flexibility index (Phi) is 4.14. The Morgan fingerprint density at radius 3 is 2.60 bits per heavy atom. The molecule has 0 aliphatic carbocycles. The standard InChI is InChI=1S/C14H16N4O2/c1-3-18(15-10-11-7-5-4-6-8-11)12-9-13(19)17(2)14(20)16-12/h4-10H,3H2,1-2H3,(H,16,20). The van der Waals surface area contributed by atoms with Crippen LogP contribution in [0.2, 0.25) is 0 Å². The van der Waals surface area contributed by atoms with Crippen molar-refractivity contribution in [2.45, 2.75) is 6.92 Å². The number of rotatable bonds is 4. The molecule has 0 spiro atoms. The van der Waals surface area contributed by atoms with Gasteiger partial charge in [-0.3, -0.25) is 14.3 Å². The van der Waals surface area contributed by atoms with Gasteiger partial charge in [0.2, 0.25) is 0 Å². The van der Waals surface area contributed by atoms with E-state index in [1.54, 1.807) is 11.2 Å². The zero-order valence-corrected chi connectivity index (χ0v) is 11.4. The summed E-state index contributed by atoms with van der Waals surface area (Å²) in [5.74, 6) is 0.382. The van der Waals surface area contributed by atoms with Gasteiger partial charge in [0.1, 0.15) is 5.82 Å². The van der Waals surface area contributed by atoms with Crippen molar-refractivity contribution in [3.63, 3.8) is 0 Å². The second kappa shape index (κ2) is 6.01. The molecule has 1 N–H and O–H groups in total. The van der Waals surface area contributed by atoms with Gasteiger partial charge in [-0.25, -0.2) is 9.80 Å². The number of anilines is 1. The summed E-state index contributed by atoms with van der Waals surface area (Å²) in [5, 5.41) is 5.85. The normalized spacial score (nSPS) is 10.9. The Morgan fingerprint density at radius 1 is 1.30 bits per heavy atom. The number of aromatic nitrogens is 2. The first-order chi connectivity index (χ1) is 9.61. The van der Waals surface area contributed by atoms with Crippen molar-refractivity contribution < 1.29 is 0 Å². The number of benzene rings is 1. The van der Waals surface area contributed by atoms with Gasteiger partial charge in [0, 0.05) is 19.7 Å². The summed E-state index contributed by atoms with van der Waals surface area (Å²) in [6.07, 6.45) is 1.68. The van der Waals surface area contributed by atoms with Gasteiger partial charge < -0.3 is 0 Å². The van der Waals surface area contributed by atoms with E-state index in [4.69, 9.17) is 0 Å². The van der Waals surface area contributed by atoms with Gasteiger partial charge in [-0.15, -0.1) is 0 Å². The molecule has 0 fully saturated rings. The van der Waals surface area contributed by atoms with E-state index >= 15 is 0 Å². The number of hydrogen-bond acceptors (Lipinski definition) is 4. The van der Waals surface area contributed by atoms with Gasteiger partial charge in [-0.2, -0.15) is 5.10 Å². The quantitative estimate of drug-likeness (QED) is 0.665. The molecule has 20 heavy (non-hydrogen) atoms. The van der Waals surface area contributed by atoms with Crippen LogP contribution in [-0.2, 0) is 7.05 Å². The van der Waals surface area contributed by atoms with Crippen molar-refractivity contribution in [3.05, 3.63) is 62.8 Å². The maximum Gasteiger partial charge on any atom is 0.329 e. The molecule has 1 aromatic carbocycles. The fourth-order valence-corrected chi connectivity index (χ4v) is 1.67. The molecular weight excluding hydrogens is 256 g/mol. The highest BCUT2D eigenvalue weighted by Crippen LogP contribution is 2.05. The number of nitrogens with one attached hydrogen (secondary N) is 1. The zero-order chi connectivity index (χ0) is 14.5. The molecule has 0 saturated heterocycles. The van der Waals surface area contributed by atoms with E-state index in [2.05, 4.69) is 10.1 Å². The second-order valence-electron chi connectivity index (χ2n) is 4.23. The number of nitrogens with zero attached hydrogens (tertiary/aromatic N) is 3. The lowest BCUT2D eigenvalue weighted by molar-refractivity contribution is 0.756. The average Bonchev–Trinajstić information content (AvgIpc) is 2.46. The highest BCUT2D eigenvalue weighted by molar-refractivity contribution is 5.80. The molecule has 0 unspecified atom stereocenters. The maximum absolute atomic E-state index is 11.6. The van der Waals surface area contributed by atoms with E-state index in [9.17, 15) is 9.59 Å². The summed E-state index contributed by atoms with van der Waals surface area (Å²) < 4.78 is 1.01. The third-order valence-corrected chi connectivity index (χ3v) is 2.85. The van der Waals surface area contributed by atoms with Gasteiger partial charge in [0.05, 0.1) is 6.21 Å². The molecule has 0 aliphatic rings. The van der Waals surface area contributed by atoms with E-state index < -0.39 is 5.69 Å². The Morgan fingerprint density at radius 2 is 2.00 bits per heavy atom. The molecule has 0 saturated carbocycles. The van der Waals surface area contributed by atoms with Gasteiger partial charge in [0.15, 0.2) is 0 Å². The van der Waals surface area contributed by atoms with E-state index in [1.165, 1.54) is 13.1 Å². The highest BCUT2D eigenvalue weighted by Gasteiger charge is 2.06. The minimum absolute atomic E-state index is 0.364. The second-order valence-corrected chi connectivity index (χ2v) is 4.23. The van der Waals surface area contributed by atoms with Crippen LogP contribution in [0.5, 0.6) is 0 Å². The van der Waals surface area contributed by atoms with Crippen LogP contribution in [0.1, 0.15) is 12.5 Å². The zero-order valence-electron chi connectivity index (χ0n) is 11.4. The van der Waals surface area contributed by atoms with E-state index in [0.29, 0.717) is 12.4 Å². The summed E-state index contributed by atoms with van der Waals surface area (Å²) in [6.45, 7) is 2.42. The molecule has 6 heteroatoms. The largest absolute Gasteiger partial charge is 0.329 e. The molecule has 2 aromatic rings. The van der Waals surface area contributed by atoms with Crippen LogP contribution in [0.25, 0.3) is 0 Å². The number of hydrazone groups is 1. The molecular formula is C14H16N4O2. The fraction of sp³-hybridized carbons (Fsp3) is 0.214. The molecule has 6 nitrogen and oxygen atoms in total. The van der Waals surface area contributed by atoms with Crippen LogP contribution in [0, 0.1) is 0 Å². The molecule has 0 bridgehead atoms. The third-order valence-electron chi connectivity index (χ3n) is 2.85. The maximum atomic E-state index is 11.6. The molecule has 0 amide bonds. The molecule has 0 radical (unpaired) electrons. The van der Waals surface area contributed by atoms with E-state index in [0.717, 1.165) is 10.1 Å². The summed E-state index contributed by atoms with van der Waals surface area (Å²) in [7, 11) is 1.43. The van der Waals surface area contributed by atoms with Crippen molar-refractivity contribution in [2.75, 3.05) is 11.6 Å². The average molecular weight is 272 g/mol. The summed E-state index contributed by atoms with van der Waals surface area (Å²) in [6, 6.07) is 10.9. The minimum atomic E-state index is -0.458. The summed E-state index contributed by atoms with van der Waals surface area (Å²) in [5.41, 5.74) is 0.120. The molecule has 2 rings (SSSR count). The van der Waals surface area contributed by atoms with Gasteiger partial charge in [-0.05, 0) is 12.5 Å². The van der Waals surface area contributed by atoms with Crippen LogP contribution >= 0.6 is 0 Å². The van der Waals surface area contributed by atoms with E-state index in [-0.39, 0.29) is 5.56 Å². The van der Waals surface area contributed by atoms with Crippen LogP contribution in [0.3, 0.4) is 0 Å². The topological polar surface area (TPSA) is 70.5 Å². The SMILES string of the molecule is CCN(N=Cc1ccccc1)c1cc(=O)n(C)c(=O)[nH]1. The van der Waals surface area contributed by atoms with Crippen molar-refractivity contribution in [1.82, 2.24) is 9.55 Å². The number of H-pyrrole nitrogens is 1. The lowest BCUT2D eigenvalue weighted by Crippen LogP contribution is -2.34. The summed E-state index contributed by atoms with van der Waals surface area (Å²) >= 11 is 0. The van der Waals surface area contributed by atoms with Crippen LogP contribution < -0.4 is 16.3 Å². The lowest BCUT2D eigenvalue weighted by Gasteiger charge is -2.16. The predicted molar refractivity (Wildman–Crippen MR) is 79.4 cm³/mol. The highest BCUT2D eigenvalue weighted by atomic mass is 16.2. The molecule has 1 aromatic heterocycles. The number of aromatic amines is 1. The van der Waals surface area contributed by atoms with Gasteiger partial charge >= 0.3 is 5.69 Å². The van der Waals surface area contributed by atoms with Crippen molar-refractivity contribution in [3.8, 4) is 0 Å². The number of hydrogen-bond donors (Lipinski definition) is 1. The summed E-state index contributed by atoms with van der Waals surface area (Å²) in [4.78, 5) is 25.8. The smallest absolute Gasteiger partial charge is 0.292 e. The monoisotopic (exact) mass is 272 g/mol. The molecule has 1 heterocycles. The first-order valence-electron chi connectivity index (χ1n) is 6.28. The minimum Gasteiger partial charge on any atom is -0.292 e. The van der Waals surface area contributed by atoms with E-state index in [1.807, 2.05) is 37.3 Å². The lowest BCUT2D eigenvalue weighted by atomic mass is 10.2. The van der Waals surface area contributed by atoms with Gasteiger partial charge in [-0.1, -0.05) is 30.3 Å². The Balaban J connectivity index is 2.32. The first-order valence-corrected chi connectivity index (χ1v) is 6.28. The third kappa shape index (κ3) is 3.03. The van der Waals surface area contributed by atoms with Crippen molar-refractivity contribution >= 4 is 12.0 Å². The van der Waals surface area contributed by atoms with Crippen molar-refractivity contribution in [1.29, 1.82) is 0 Å². The molecule has 104 valence electrons.